The standard InChI is InChI=1S/C13H18N2O4/c1-12(5-3-4-8-18-12)9-14-10(19-15-9)13(6-7-13)11(16)17-2/h3-8H2,1-2H3. The zero-order valence-electron chi connectivity index (χ0n) is 11.3. The average Bonchev–Trinajstić information content (AvgIpc) is 3.08. The van der Waals surface area contributed by atoms with E-state index < -0.39 is 11.0 Å². The van der Waals surface area contributed by atoms with E-state index in [1.807, 2.05) is 6.92 Å². The molecule has 0 amide bonds. The zero-order chi connectivity index (χ0) is 13.5. The molecule has 19 heavy (non-hydrogen) atoms. The first-order valence-electron chi connectivity index (χ1n) is 6.68. The highest BCUT2D eigenvalue weighted by Gasteiger charge is 2.58. The number of ether oxygens (including phenoxy) is 2. The molecule has 0 N–H and O–H groups in total. The molecule has 6 heteroatoms. The third-order valence-corrected chi connectivity index (χ3v) is 4.10. The van der Waals surface area contributed by atoms with Gasteiger partial charge < -0.3 is 14.0 Å². The van der Waals surface area contributed by atoms with Gasteiger partial charge in [-0.15, -0.1) is 0 Å². The van der Waals surface area contributed by atoms with Crippen molar-refractivity contribution < 1.29 is 18.8 Å². The van der Waals surface area contributed by atoms with Crippen LogP contribution < -0.4 is 0 Å². The van der Waals surface area contributed by atoms with Crippen molar-refractivity contribution in [1.29, 1.82) is 0 Å². The Morgan fingerprint density at radius 3 is 2.68 bits per heavy atom. The molecule has 1 aromatic rings. The molecule has 104 valence electrons. The van der Waals surface area contributed by atoms with Crippen LogP contribution in [0.1, 0.15) is 50.7 Å². The van der Waals surface area contributed by atoms with E-state index in [2.05, 4.69) is 10.1 Å². The van der Waals surface area contributed by atoms with E-state index in [4.69, 9.17) is 14.0 Å². The number of nitrogens with zero attached hydrogens (tertiary/aromatic N) is 2. The van der Waals surface area contributed by atoms with Crippen molar-refractivity contribution in [3.05, 3.63) is 11.7 Å². The van der Waals surface area contributed by atoms with Crippen molar-refractivity contribution in [1.82, 2.24) is 10.1 Å². The Morgan fingerprint density at radius 1 is 1.32 bits per heavy atom. The van der Waals surface area contributed by atoms with Crippen LogP contribution in [0.2, 0.25) is 0 Å². The van der Waals surface area contributed by atoms with E-state index >= 15 is 0 Å². The van der Waals surface area contributed by atoms with Crippen LogP contribution in [0.15, 0.2) is 4.52 Å². The smallest absolute Gasteiger partial charge is 0.321 e. The second-order valence-corrected chi connectivity index (χ2v) is 5.53. The lowest BCUT2D eigenvalue weighted by atomic mass is 9.95. The van der Waals surface area contributed by atoms with Crippen molar-refractivity contribution in [3.63, 3.8) is 0 Å². The molecule has 2 fully saturated rings. The van der Waals surface area contributed by atoms with Crippen LogP contribution in [0.25, 0.3) is 0 Å². The third kappa shape index (κ3) is 1.94. The molecule has 0 spiro atoms. The van der Waals surface area contributed by atoms with Gasteiger partial charge in [-0.3, -0.25) is 4.79 Å². The first-order valence-corrected chi connectivity index (χ1v) is 6.68. The summed E-state index contributed by atoms with van der Waals surface area (Å²) in [4.78, 5) is 16.2. The third-order valence-electron chi connectivity index (χ3n) is 4.10. The Bertz CT molecular complexity index is 487. The molecule has 3 rings (SSSR count). The molecular weight excluding hydrogens is 248 g/mol. The molecule has 1 aliphatic heterocycles. The van der Waals surface area contributed by atoms with E-state index in [0.717, 1.165) is 19.3 Å². The van der Waals surface area contributed by atoms with Gasteiger partial charge in [-0.05, 0) is 39.0 Å². The number of rotatable bonds is 3. The highest BCUT2D eigenvalue weighted by atomic mass is 16.5. The highest BCUT2D eigenvalue weighted by Crippen LogP contribution is 2.49. The van der Waals surface area contributed by atoms with Gasteiger partial charge >= 0.3 is 5.97 Å². The Labute approximate surface area is 111 Å². The van der Waals surface area contributed by atoms with Gasteiger partial charge in [-0.2, -0.15) is 4.98 Å². The van der Waals surface area contributed by atoms with Gasteiger partial charge in [0, 0.05) is 6.61 Å². The monoisotopic (exact) mass is 266 g/mol. The number of esters is 1. The van der Waals surface area contributed by atoms with Crippen LogP contribution in [-0.4, -0.2) is 29.8 Å². The van der Waals surface area contributed by atoms with Gasteiger partial charge in [0.15, 0.2) is 0 Å². The lowest BCUT2D eigenvalue weighted by Crippen LogP contribution is -2.31. The molecule has 1 aliphatic carbocycles. The van der Waals surface area contributed by atoms with Gasteiger partial charge in [-0.1, -0.05) is 5.16 Å². The quantitative estimate of drug-likeness (QED) is 0.775. The number of hydrogen-bond acceptors (Lipinski definition) is 6. The minimum Gasteiger partial charge on any atom is -0.468 e. The molecule has 1 atom stereocenters. The predicted octanol–water partition coefficient (Wildman–Crippen LogP) is 1.69. The van der Waals surface area contributed by atoms with E-state index in [9.17, 15) is 4.79 Å². The topological polar surface area (TPSA) is 74.5 Å². The maximum Gasteiger partial charge on any atom is 0.321 e. The van der Waals surface area contributed by atoms with Gasteiger partial charge in [0.25, 0.3) is 0 Å². The molecular formula is C13H18N2O4. The van der Waals surface area contributed by atoms with E-state index in [1.54, 1.807) is 0 Å². The summed E-state index contributed by atoms with van der Waals surface area (Å²) in [7, 11) is 1.38. The fraction of sp³-hybridized carbons (Fsp3) is 0.769. The van der Waals surface area contributed by atoms with Crippen LogP contribution >= 0.6 is 0 Å². The normalized spacial score (nSPS) is 28.9. The first kappa shape index (κ1) is 12.6. The number of carbonyl (C=O) groups excluding carboxylic acids is 1. The average molecular weight is 266 g/mol. The molecule has 0 radical (unpaired) electrons. The van der Waals surface area contributed by atoms with Gasteiger partial charge in [0.1, 0.15) is 11.0 Å². The molecule has 0 bridgehead atoms. The Balaban J connectivity index is 1.86. The second-order valence-electron chi connectivity index (χ2n) is 5.53. The van der Waals surface area contributed by atoms with E-state index in [1.165, 1.54) is 7.11 Å². The van der Waals surface area contributed by atoms with E-state index in [-0.39, 0.29) is 5.97 Å². The second kappa shape index (κ2) is 4.30. The molecule has 0 aromatic carbocycles. The van der Waals surface area contributed by atoms with Gasteiger partial charge in [0.2, 0.25) is 11.7 Å². The number of aromatic nitrogens is 2. The largest absolute Gasteiger partial charge is 0.468 e. The molecule has 1 unspecified atom stereocenters. The molecule has 1 saturated heterocycles. The van der Waals surface area contributed by atoms with Crippen LogP contribution in [-0.2, 0) is 25.3 Å². The summed E-state index contributed by atoms with van der Waals surface area (Å²) in [6.45, 7) is 2.68. The number of methoxy groups -OCH3 is 1. The van der Waals surface area contributed by atoms with Crippen molar-refractivity contribution in [2.75, 3.05) is 13.7 Å². The van der Waals surface area contributed by atoms with Gasteiger partial charge in [-0.25, -0.2) is 0 Å². The number of carbonyl (C=O) groups is 1. The fourth-order valence-electron chi connectivity index (χ4n) is 2.57. The minimum atomic E-state index is -0.703. The lowest BCUT2D eigenvalue weighted by Gasteiger charge is -2.30. The van der Waals surface area contributed by atoms with Crippen molar-refractivity contribution >= 4 is 5.97 Å². The summed E-state index contributed by atoms with van der Waals surface area (Å²) in [5.41, 5.74) is -1.20. The zero-order valence-corrected chi connectivity index (χ0v) is 11.3. The Hall–Kier alpha value is -1.43. The molecule has 1 saturated carbocycles. The Kier molecular flexibility index (Phi) is 2.85. The van der Waals surface area contributed by atoms with Crippen LogP contribution in [0.4, 0.5) is 0 Å². The number of hydrogen-bond donors (Lipinski definition) is 0. The molecule has 2 heterocycles. The maximum absolute atomic E-state index is 11.8. The van der Waals surface area contributed by atoms with Crippen molar-refractivity contribution in [2.45, 2.75) is 50.0 Å². The summed E-state index contributed by atoms with van der Waals surface area (Å²) in [6, 6.07) is 0. The summed E-state index contributed by atoms with van der Waals surface area (Å²) in [5.74, 6) is 0.611. The maximum atomic E-state index is 11.8. The van der Waals surface area contributed by atoms with Crippen molar-refractivity contribution in [3.8, 4) is 0 Å². The highest BCUT2D eigenvalue weighted by molar-refractivity contribution is 5.85. The SMILES string of the molecule is COC(=O)C1(c2nc(C3(C)CCCCO3)no2)CC1. The molecule has 6 nitrogen and oxygen atoms in total. The lowest BCUT2D eigenvalue weighted by molar-refractivity contribution is -0.144. The first-order chi connectivity index (χ1) is 9.11. The Morgan fingerprint density at radius 2 is 2.11 bits per heavy atom. The van der Waals surface area contributed by atoms with E-state index in [0.29, 0.717) is 31.2 Å². The molecule has 1 aromatic heterocycles. The summed E-state index contributed by atoms with van der Waals surface area (Å²) < 4.78 is 15.9. The summed E-state index contributed by atoms with van der Waals surface area (Å²) in [5, 5.41) is 4.02. The summed E-state index contributed by atoms with van der Waals surface area (Å²) >= 11 is 0. The van der Waals surface area contributed by atoms with Crippen molar-refractivity contribution in [2.24, 2.45) is 0 Å². The predicted molar refractivity (Wildman–Crippen MR) is 64.4 cm³/mol. The van der Waals surface area contributed by atoms with Crippen LogP contribution in [0.3, 0.4) is 0 Å². The van der Waals surface area contributed by atoms with Gasteiger partial charge in [0.05, 0.1) is 7.11 Å². The van der Waals surface area contributed by atoms with Crippen LogP contribution in [0, 0.1) is 0 Å². The minimum absolute atomic E-state index is 0.294. The molecule has 2 aliphatic rings. The fourth-order valence-corrected chi connectivity index (χ4v) is 2.57. The summed E-state index contributed by atoms with van der Waals surface area (Å²) in [6.07, 6.45) is 4.43. The van der Waals surface area contributed by atoms with Crippen LogP contribution in [0.5, 0.6) is 0 Å².